The number of fused-ring (bicyclic) bond motifs is 1. The van der Waals surface area contributed by atoms with Crippen LogP contribution in [0.1, 0.15) is 82.0 Å². The fourth-order valence-electron chi connectivity index (χ4n) is 5.95. The van der Waals surface area contributed by atoms with Crippen molar-refractivity contribution in [2.75, 3.05) is 11.4 Å². The number of nitriles is 1. The average Bonchev–Trinajstić information content (AvgIpc) is 3.33. The highest BCUT2D eigenvalue weighted by Gasteiger charge is 2.53. The number of carbonyl (C=O) groups excluding carboxylic acids is 2. The monoisotopic (exact) mass is 509 g/mol. The number of carbonyl (C=O) groups is 2. The lowest BCUT2D eigenvalue weighted by Crippen LogP contribution is -2.43. The maximum absolute atomic E-state index is 12.9. The third-order valence-electron chi connectivity index (χ3n) is 8.67. The van der Waals surface area contributed by atoms with Crippen LogP contribution in [0.25, 0.3) is 0 Å². The van der Waals surface area contributed by atoms with Crippen LogP contribution < -0.4 is 10.2 Å². The zero-order valence-corrected chi connectivity index (χ0v) is 22.1. The molecule has 9 heteroatoms. The summed E-state index contributed by atoms with van der Waals surface area (Å²) in [6, 6.07) is 8.05. The van der Waals surface area contributed by atoms with Crippen LogP contribution in [0, 0.1) is 43.9 Å². The molecule has 0 spiro atoms. The first-order chi connectivity index (χ1) is 18.2. The highest BCUT2D eigenvalue weighted by atomic mass is 16.2. The largest absolute Gasteiger partial charge is 0.348 e. The van der Waals surface area contributed by atoms with Gasteiger partial charge in [0.2, 0.25) is 5.91 Å². The van der Waals surface area contributed by atoms with Crippen LogP contribution >= 0.6 is 0 Å². The Morgan fingerprint density at radius 1 is 1.18 bits per heavy atom. The first kappa shape index (κ1) is 24.3. The highest BCUT2D eigenvalue weighted by Crippen LogP contribution is 2.47. The molecule has 9 nitrogen and oxygen atoms in total. The second-order valence-corrected chi connectivity index (χ2v) is 11.1. The fourth-order valence-corrected chi connectivity index (χ4v) is 5.95. The third-order valence-corrected chi connectivity index (χ3v) is 8.67. The van der Waals surface area contributed by atoms with Gasteiger partial charge in [0, 0.05) is 24.7 Å². The summed E-state index contributed by atoms with van der Waals surface area (Å²) in [4.78, 5) is 31.9. The van der Waals surface area contributed by atoms with E-state index in [1.165, 1.54) is 0 Å². The molecular formula is C29H31N7O2. The van der Waals surface area contributed by atoms with E-state index in [-0.39, 0.29) is 41.4 Å². The molecule has 0 radical (unpaired) electrons. The number of nitrogens with one attached hydrogen (secondary N) is 1. The van der Waals surface area contributed by atoms with E-state index in [0.29, 0.717) is 11.5 Å². The lowest BCUT2D eigenvalue weighted by Gasteiger charge is -2.36. The Hall–Kier alpha value is -4.06. The molecule has 3 aliphatic rings. The third kappa shape index (κ3) is 4.05. The van der Waals surface area contributed by atoms with Crippen LogP contribution in [0.2, 0.25) is 0 Å². The van der Waals surface area contributed by atoms with Gasteiger partial charge in [0.05, 0.1) is 23.9 Å². The Labute approximate surface area is 221 Å². The van der Waals surface area contributed by atoms with Crippen LogP contribution in [-0.2, 0) is 4.79 Å². The topological polar surface area (TPSA) is 117 Å². The number of anilines is 1. The molecule has 3 heterocycles. The number of hydrogen-bond acceptors (Lipinski definition) is 6. The van der Waals surface area contributed by atoms with E-state index in [4.69, 9.17) is 0 Å². The Kier molecular flexibility index (Phi) is 5.78. The molecule has 1 aromatic carbocycles. The zero-order chi connectivity index (χ0) is 26.7. The Bertz CT molecular complexity index is 1500. The minimum Gasteiger partial charge on any atom is -0.348 e. The first-order valence-corrected chi connectivity index (χ1v) is 13.3. The van der Waals surface area contributed by atoms with Crippen molar-refractivity contribution < 1.29 is 9.59 Å². The van der Waals surface area contributed by atoms with Gasteiger partial charge in [-0.05, 0) is 87.1 Å². The molecule has 3 fully saturated rings. The van der Waals surface area contributed by atoms with E-state index >= 15 is 0 Å². The van der Waals surface area contributed by atoms with Gasteiger partial charge in [0.25, 0.3) is 5.91 Å². The number of piperidine rings is 1. The second kappa shape index (κ2) is 9.05. The van der Waals surface area contributed by atoms with E-state index in [1.807, 2.05) is 50.9 Å². The molecule has 1 N–H and O–H groups in total. The molecule has 2 saturated carbocycles. The van der Waals surface area contributed by atoms with E-state index in [2.05, 4.69) is 32.7 Å². The molecule has 3 atom stereocenters. The van der Waals surface area contributed by atoms with E-state index in [0.717, 1.165) is 59.4 Å². The maximum Gasteiger partial charge on any atom is 0.273 e. The number of hydrogen-bond donors (Lipinski definition) is 1. The van der Waals surface area contributed by atoms with Crippen molar-refractivity contribution in [2.24, 2.45) is 11.8 Å². The van der Waals surface area contributed by atoms with Gasteiger partial charge < -0.3 is 5.32 Å². The summed E-state index contributed by atoms with van der Waals surface area (Å²) >= 11 is 0. The molecular weight excluding hydrogens is 478 g/mol. The first-order valence-electron chi connectivity index (χ1n) is 13.3. The van der Waals surface area contributed by atoms with Crippen molar-refractivity contribution in [1.82, 2.24) is 25.3 Å². The molecule has 1 saturated heterocycles. The zero-order valence-electron chi connectivity index (χ0n) is 22.1. The number of aryl methyl sites for hydroxylation is 1. The highest BCUT2D eigenvalue weighted by molar-refractivity contribution is 5.99. The maximum atomic E-state index is 12.9. The summed E-state index contributed by atoms with van der Waals surface area (Å²) in [5.74, 6) is 1.66. The molecule has 6 rings (SSSR count). The molecule has 3 aromatic rings. The number of benzene rings is 1. The quantitative estimate of drug-likeness (QED) is 0.541. The molecule has 194 valence electrons. The number of rotatable bonds is 6. The standard InChI is InChI=1S/C29H31N7O2/c1-15-5-6-19(11-30)23(7-15)20-8-22(9-20)32-28(37)26-14-36(34-33-26)18(4)25-12-31-27(17(3)16(25)2)35-13-21-10-24(21)29(35)38/h5-7,12,14,18,20-22,24H,8-10,13H2,1-4H3,(H,32,37)/t18-,20-,21+,22+,24+/m0/s1. The summed E-state index contributed by atoms with van der Waals surface area (Å²) in [5, 5.41) is 20.9. The van der Waals surface area contributed by atoms with Gasteiger partial charge in [-0.2, -0.15) is 5.26 Å². The Morgan fingerprint density at radius 2 is 1.97 bits per heavy atom. The van der Waals surface area contributed by atoms with Crippen molar-refractivity contribution >= 4 is 17.6 Å². The lowest BCUT2D eigenvalue weighted by molar-refractivity contribution is -0.118. The predicted octanol–water partition coefficient (Wildman–Crippen LogP) is 3.74. The minimum absolute atomic E-state index is 0.0445. The van der Waals surface area contributed by atoms with Crippen molar-refractivity contribution in [2.45, 2.75) is 65.0 Å². The molecule has 0 unspecified atom stereocenters. The molecule has 2 aliphatic carbocycles. The lowest BCUT2D eigenvalue weighted by atomic mass is 9.74. The molecule has 38 heavy (non-hydrogen) atoms. The van der Waals surface area contributed by atoms with Crippen molar-refractivity contribution in [1.29, 1.82) is 5.26 Å². The van der Waals surface area contributed by atoms with E-state index in [1.54, 1.807) is 10.9 Å². The normalized spacial score (nSPS) is 24.4. The van der Waals surface area contributed by atoms with Crippen molar-refractivity contribution in [3.8, 4) is 6.07 Å². The summed E-state index contributed by atoms with van der Waals surface area (Å²) in [6.07, 6.45) is 6.10. The molecule has 2 aromatic heterocycles. The van der Waals surface area contributed by atoms with Crippen molar-refractivity contribution in [3.63, 3.8) is 0 Å². The van der Waals surface area contributed by atoms with Crippen LogP contribution in [0.4, 0.5) is 5.82 Å². The van der Waals surface area contributed by atoms with Gasteiger partial charge in [-0.15, -0.1) is 5.10 Å². The van der Waals surface area contributed by atoms with Crippen LogP contribution in [0.3, 0.4) is 0 Å². The van der Waals surface area contributed by atoms with Gasteiger partial charge in [-0.3, -0.25) is 14.5 Å². The molecule has 0 bridgehead atoms. The summed E-state index contributed by atoms with van der Waals surface area (Å²) < 4.78 is 1.68. The summed E-state index contributed by atoms with van der Waals surface area (Å²) in [7, 11) is 0. The minimum atomic E-state index is -0.246. The Morgan fingerprint density at radius 3 is 2.68 bits per heavy atom. The average molecular weight is 510 g/mol. The summed E-state index contributed by atoms with van der Waals surface area (Å²) in [6.45, 7) is 8.83. The Balaban J connectivity index is 1.11. The van der Waals surface area contributed by atoms with Crippen molar-refractivity contribution in [3.05, 3.63) is 69.7 Å². The predicted molar refractivity (Wildman–Crippen MR) is 141 cm³/mol. The van der Waals surface area contributed by atoms with Crippen LogP contribution in [0.15, 0.2) is 30.6 Å². The van der Waals surface area contributed by atoms with Gasteiger partial charge in [-0.1, -0.05) is 22.9 Å². The number of nitrogens with zero attached hydrogens (tertiary/aromatic N) is 6. The number of aromatic nitrogens is 4. The van der Waals surface area contributed by atoms with Gasteiger partial charge in [0.1, 0.15) is 5.82 Å². The molecule has 1 aliphatic heterocycles. The number of pyridine rings is 1. The summed E-state index contributed by atoms with van der Waals surface area (Å²) in [5.41, 5.74) is 6.21. The van der Waals surface area contributed by atoms with E-state index < -0.39 is 0 Å². The van der Waals surface area contributed by atoms with Gasteiger partial charge in [-0.25, -0.2) is 9.67 Å². The SMILES string of the molecule is Cc1ccc(C#N)c([C@H]2C[C@@H](NC(=O)c3cn([C@@H](C)c4cnc(N5C[C@H]6C[C@H]6C5=O)c(C)c4C)nn3)C2)c1. The van der Waals surface area contributed by atoms with Crippen LogP contribution in [0.5, 0.6) is 0 Å². The van der Waals surface area contributed by atoms with Crippen LogP contribution in [-0.4, -0.2) is 44.4 Å². The van der Waals surface area contributed by atoms with Gasteiger partial charge >= 0.3 is 0 Å². The second-order valence-electron chi connectivity index (χ2n) is 11.1. The number of amides is 2. The smallest absolute Gasteiger partial charge is 0.273 e. The molecule has 2 amide bonds. The fraction of sp³-hybridized carbons (Fsp3) is 0.448. The van der Waals surface area contributed by atoms with Gasteiger partial charge in [0.15, 0.2) is 5.69 Å². The van der Waals surface area contributed by atoms with E-state index in [9.17, 15) is 14.9 Å².